The van der Waals surface area contributed by atoms with E-state index in [1.165, 1.54) is 32.1 Å². The molecule has 0 unspecified atom stereocenters. The smallest absolute Gasteiger partial charge is 0.156 e. The molecule has 22 heavy (non-hydrogen) atoms. The lowest BCUT2D eigenvalue weighted by molar-refractivity contribution is -0.0390. The fourth-order valence-corrected chi connectivity index (χ4v) is 6.24. The molecule has 0 bridgehead atoms. The molecule has 0 heterocycles. The largest absolute Gasteiger partial charge is 0.375 e. The Labute approximate surface area is 133 Å². The van der Waals surface area contributed by atoms with Crippen LogP contribution in [0.25, 0.3) is 0 Å². The zero-order chi connectivity index (χ0) is 15.6. The normalized spacial score (nSPS) is 50.1. The molecular weight excluding hydrogens is 270 g/mol. The number of nitrogens with zero attached hydrogens (tertiary/aromatic N) is 1. The van der Waals surface area contributed by atoms with Gasteiger partial charge in [-0.05, 0) is 63.2 Å². The molecule has 0 saturated heterocycles. The van der Waals surface area contributed by atoms with Crippen molar-refractivity contribution in [2.24, 2.45) is 22.7 Å². The zero-order valence-corrected chi connectivity index (χ0v) is 13.9. The number of nitriles is 1. The first-order chi connectivity index (χ1) is 10.4. The quantitative estimate of drug-likeness (QED) is 0.528. The fraction of sp³-hybridized carbons (Fsp3) is 0.750. The van der Waals surface area contributed by atoms with Crippen LogP contribution in [0.3, 0.4) is 0 Å². The number of hydrogen-bond donors (Lipinski definition) is 1. The van der Waals surface area contributed by atoms with Crippen LogP contribution in [-0.2, 0) is 0 Å². The Kier molecular flexibility index (Phi) is 2.96. The van der Waals surface area contributed by atoms with Gasteiger partial charge >= 0.3 is 0 Å². The first-order valence-corrected chi connectivity index (χ1v) is 8.98. The van der Waals surface area contributed by atoms with Crippen molar-refractivity contribution in [3.05, 3.63) is 23.3 Å². The third-order valence-corrected chi connectivity index (χ3v) is 7.74. The molecule has 4 aliphatic rings. The summed E-state index contributed by atoms with van der Waals surface area (Å²) in [6, 6.07) is 2.26. The second kappa shape index (κ2) is 4.48. The standard InChI is InChI=1S/C20H27NO/c1-18-10-4-3-5-14(18)6-7-15-16(18)8-11-19(2)17(15)9-12-20(19,22)13-21/h5,8,15,17,22H,3-4,6-7,9-12H2,1-2H3/t15-,17+,18+,19+,20+/m1/s1. The van der Waals surface area contributed by atoms with E-state index in [-0.39, 0.29) is 10.8 Å². The summed E-state index contributed by atoms with van der Waals surface area (Å²) in [5.74, 6) is 1.07. The van der Waals surface area contributed by atoms with Gasteiger partial charge in [0, 0.05) is 10.8 Å². The highest BCUT2D eigenvalue weighted by molar-refractivity contribution is 5.39. The lowest BCUT2D eigenvalue weighted by atomic mass is 9.51. The van der Waals surface area contributed by atoms with Crippen LogP contribution < -0.4 is 0 Å². The lowest BCUT2D eigenvalue weighted by Gasteiger charge is -2.54. The molecule has 0 aromatic carbocycles. The summed E-state index contributed by atoms with van der Waals surface area (Å²) >= 11 is 0. The van der Waals surface area contributed by atoms with Crippen molar-refractivity contribution in [1.29, 1.82) is 5.26 Å². The summed E-state index contributed by atoms with van der Waals surface area (Å²) < 4.78 is 0. The third kappa shape index (κ3) is 1.59. The molecule has 5 atom stereocenters. The Morgan fingerprint density at radius 2 is 2.05 bits per heavy atom. The van der Waals surface area contributed by atoms with Crippen LogP contribution in [0.2, 0.25) is 0 Å². The molecule has 2 heteroatoms. The number of hydrogen-bond acceptors (Lipinski definition) is 2. The molecule has 4 aliphatic carbocycles. The minimum absolute atomic E-state index is 0.248. The van der Waals surface area contributed by atoms with E-state index < -0.39 is 5.60 Å². The first kappa shape index (κ1) is 14.5. The number of aliphatic hydroxyl groups is 1. The molecule has 0 radical (unpaired) electrons. The topological polar surface area (TPSA) is 44.0 Å². The monoisotopic (exact) mass is 297 g/mol. The van der Waals surface area contributed by atoms with Crippen molar-refractivity contribution >= 4 is 0 Å². The number of fused-ring (bicyclic) bond motifs is 5. The third-order valence-electron chi connectivity index (χ3n) is 7.74. The lowest BCUT2D eigenvalue weighted by Crippen LogP contribution is -2.50. The highest BCUT2D eigenvalue weighted by Crippen LogP contribution is 2.65. The maximum absolute atomic E-state index is 10.8. The van der Waals surface area contributed by atoms with Gasteiger partial charge in [0.2, 0.25) is 0 Å². The summed E-state index contributed by atoms with van der Waals surface area (Å²) in [7, 11) is 0. The SMILES string of the molecule is C[C@]12CCCC=C1CC[C@@H]1C2=CC[C@@]2(C)[C@H]1CC[C@]2(O)C#N. The van der Waals surface area contributed by atoms with E-state index in [0.717, 1.165) is 12.8 Å². The van der Waals surface area contributed by atoms with Gasteiger partial charge in [-0.15, -0.1) is 0 Å². The van der Waals surface area contributed by atoms with Crippen LogP contribution in [0.4, 0.5) is 0 Å². The second-order valence-corrected chi connectivity index (χ2v) is 8.50. The van der Waals surface area contributed by atoms with Gasteiger partial charge in [-0.1, -0.05) is 37.1 Å². The Morgan fingerprint density at radius 3 is 2.82 bits per heavy atom. The molecular formula is C20H27NO. The molecule has 2 saturated carbocycles. The molecule has 0 aromatic rings. The van der Waals surface area contributed by atoms with Crippen LogP contribution in [0.1, 0.15) is 65.2 Å². The molecule has 2 fully saturated rings. The van der Waals surface area contributed by atoms with Crippen molar-refractivity contribution in [2.45, 2.75) is 70.8 Å². The van der Waals surface area contributed by atoms with E-state index >= 15 is 0 Å². The Morgan fingerprint density at radius 1 is 1.23 bits per heavy atom. The summed E-state index contributed by atoms with van der Waals surface area (Å²) in [6.07, 6.45) is 13.7. The predicted molar refractivity (Wildman–Crippen MR) is 86.9 cm³/mol. The Hall–Kier alpha value is -1.07. The molecule has 0 spiro atoms. The van der Waals surface area contributed by atoms with Crippen LogP contribution in [0.15, 0.2) is 23.3 Å². The van der Waals surface area contributed by atoms with Crippen LogP contribution in [0, 0.1) is 34.0 Å². The van der Waals surface area contributed by atoms with Gasteiger partial charge in [0.15, 0.2) is 5.60 Å². The summed E-state index contributed by atoms with van der Waals surface area (Å²) in [5.41, 5.74) is 2.22. The van der Waals surface area contributed by atoms with Gasteiger partial charge in [0.25, 0.3) is 0 Å². The molecule has 118 valence electrons. The summed E-state index contributed by atoms with van der Waals surface area (Å²) in [5, 5.41) is 20.4. The van der Waals surface area contributed by atoms with Crippen LogP contribution in [-0.4, -0.2) is 10.7 Å². The fourth-order valence-electron chi connectivity index (χ4n) is 6.24. The highest BCUT2D eigenvalue weighted by atomic mass is 16.3. The van der Waals surface area contributed by atoms with Crippen LogP contribution in [0.5, 0.6) is 0 Å². The summed E-state index contributed by atoms with van der Waals surface area (Å²) in [4.78, 5) is 0. The van der Waals surface area contributed by atoms with E-state index in [1.54, 1.807) is 11.1 Å². The maximum Gasteiger partial charge on any atom is 0.156 e. The van der Waals surface area contributed by atoms with Gasteiger partial charge in [0.05, 0.1) is 6.07 Å². The van der Waals surface area contributed by atoms with E-state index in [1.807, 2.05) is 0 Å². The van der Waals surface area contributed by atoms with E-state index in [4.69, 9.17) is 0 Å². The Bertz CT molecular complexity index is 612. The zero-order valence-electron chi connectivity index (χ0n) is 13.9. The minimum Gasteiger partial charge on any atom is -0.375 e. The van der Waals surface area contributed by atoms with E-state index in [2.05, 4.69) is 32.1 Å². The molecule has 0 aliphatic heterocycles. The van der Waals surface area contributed by atoms with Crippen molar-refractivity contribution < 1.29 is 5.11 Å². The van der Waals surface area contributed by atoms with Gasteiger partial charge in [-0.2, -0.15) is 5.26 Å². The molecule has 2 nitrogen and oxygen atoms in total. The van der Waals surface area contributed by atoms with Crippen molar-refractivity contribution in [1.82, 2.24) is 0 Å². The maximum atomic E-state index is 10.8. The van der Waals surface area contributed by atoms with E-state index in [9.17, 15) is 10.4 Å². The van der Waals surface area contributed by atoms with Gasteiger partial charge in [-0.3, -0.25) is 0 Å². The van der Waals surface area contributed by atoms with Crippen molar-refractivity contribution in [3.8, 4) is 6.07 Å². The molecule has 4 rings (SSSR count). The van der Waals surface area contributed by atoms with Gasteiger partial charge in [-0.25, -0.2) is 0 Å². The Balaban J connectivity index is 1.78. The second-order valence-electron chi connectivity index (χ2n) is 8.50. The van der Waals surface area contributed by atoms with Gasteiger partial charge in [0.1, 0.15) is 0 Å². The average Bonchev–Trinajstić information content (AvgIpc) is 2.79. The predicted octanol–water partition coefficient (Wildman–Crippen LogP) is 4.51. The average molecular weight is 297 g/mol. The van der Waals surface area contributed by atoms with E-state index in [0.29, 0.717) is 18.3 Å². The first-order valence-electron chi connectivity index (χ1n) is 8.98. The number of allylic oxidation sites excluding steroid dienone is 4. The van der Waals surface area contributed by atoms with Crippen molar-refractivity contribution in [2.75, 3.05) is 0 Å². The summed E-state index contributed by atoms with van der Waals surface area (Å²) in [6.45, 7) is 4.61. The van der Waals surface area contributed by atoms with Crippen LogP contribution >= 0.6 is 0 Å². The molecule has 1 N–H and O–H groups in total. The minimum atomic E-state index is -1.12. The molecule has 0 amide bonds. The molecule has 0 aromatic heterocycles. The highest BCUT2D eigenvalue weighted by Gasteiger charge is 2.62. The number of rotatable bonds is 0. The van der Waals surface area contributed by atoms with Gasteiger partial charge < -0.3 is 5.11 Å². The van der Waals surface area contributed by atoms with Crippen molar-refractivity contribution in [3.63, 3.8) is 0 Å².